The SMILES string of the molecule is CCCCCCOC1CCC(C=CC2CCC(CCC)CC2)C(C)C1C. The van der Waals surface area contributed by atoms with Gasteiger partial charge in [0.2, 0.25) is 0 Å². The van der Waals surface area contributed by atoms with E-state index in [9.17, 15) is 0 Å². The fourth-order valence-corrected chi connectivity index (χ4v) is 5.26. The van der Waals surface area contributed by atoms with Gasteiger partial charge in [-0.3, -0.25) is 0 Å². The molecule has 26 heavy (non-hydrogen) atoms. The first-order valence-electron chi connectivity index (χ1n) is 12.0. The van der Waals surface area contributed by atoms with Crippen molar-refractivity contribution in [2.45, 2.75) is 111 Å². The van der Waals surface area contributed by atoms with Gasteiger partial charge in [0.1, 0.15) is 0 Å². The Morgan fingerprint density at radius 1 is 0.769 bits per heavy atom. The third-order valence-electron chi connectivity index (χ3n) is 7.42. The smallest absolute Gasteiger partial charge is 0.0603 e. The number of allylic oxidation sites excluding steroid dienone is 2. The molecule has 4 unspecified atom stereocenters. The summed E-state index contributed by atoms with van der Waals surface area (Å²) in [5, 5.41) is 0. The van der Waals surface area contributed by atoms with E-state index in [0.717, 1.165) is 30.3 Å². The fourth-order valence-electron chi connectivity index (χ4n) is 5.26. The molecule has 0 bridgehead atoms. The Bertz CT molecular complexity index is 380. The van der Waals surface area contributed by atoms with E-state index >= 15 is 0 Å². The average Bonchev–Trinajstić information content (AvgIpc) is 2.65. The highest BCUT2D eigenvalue weighted by molar-refractivity contribution is 4.99. The molecule has 1 nitrogen and oxygen atoms in total. The Hall–Kier alpha value is -0.300. The zero-order valence-corrected chi connectivity index (χ0v) is 18.2. The second-order valence-electron chi connectivity index (χ2n) is 9.38. The summed E-state index contributed by atoms with van der Waals surface area (Å²) in [5.74, 6) is 4.12. The molecule has 2 fully saturated rings. The molecule has 0 radical (unpaired) electrons. The van der Waals surface area contributed by atoms with Crippen LogP contribution in [0.1, 0.15) is 105 Å². The van der Waals surface area contributed by atoms with Crippen molar-refractivity contribution >= 4 is 0 Å². The molecule has 0 saturated heterocycles. The molecule has 0 aromatic heterocycles. The molecule has 152 valence electrons. The molecule has 1 heteroatoms. The standard InChI is InChI=1S/C25H46O/c1-5-7-8-9-19-26-25-18-17-24(20(3)21(25)4)16-15-23-13-11-22(10-6-2)12-14-23/h15-16,20-25H,5-14,17-19H2,1-4H3. The summed E-state index contributed by atoms with van der Waals surface area (Å²) in [6.45, 7) is 10.5. The summed E-state index contributed by atoms with van der Waals surface area (Å²) in [6.07, 6.45) is 22.1. The maximum atomic E-state index is 6.27. The second kappa shape index (κ2) is 12.2. The van der Waals surface area contributed by atoms with Crippen molar-refractivity contribution in [2.75, 3.05) is 6.61 Å². The van der Waals surface area contributed by atoms with Crippen LogP contribution in [0.4, 0.5) is 0 Å². The predicted octanol–water partition coefficient (Wildman–Crippen LogP) is 7.80. The van der Waals surface area contributed by atoms with Gasteiger partial charge in [-0.1, -0.05) is 72.0 Å². The maximum Gasteiger partial charge on any atom is 0.0603 e. The van der Waals surface area contributed by atoms with Gasteiger partial charge in [0, 0.05) is 6.61 Å². The van der Waals surface area contributed by atoms with Gasteiger partial charge in [0.25, 0.3) is 0 Å². The highest BCUT2D eigenvalue weighted by Gasteiger charge is 2.33. The van der Waals surface area contributed by atoms with E-state index in [1.54, 1.807) is 0 Å². The lowest BCUT2D eigenvalue weighted by molar-refractivity contribution is -0.0353. The Labute approximate surface area is 164 Å². The number of hydrogen-bond acceptors (Lipinski definition) is 1. The van der Waals surface area contributed by atoms with Crippen molar-refractivity contribution in [1.29, 1.82) is 0 Å². The minimum atomic E-state index is 0.501. The molecule has 0 heterocycles. The molecule has 2 saturated carbocycles. The van der Waals surface area contributed by atoms with Gasteiger partial charge in [-0.2, -0.15) is 0 Å². The van der Waals surface area contributed by atoms with Gasteiger partial charge in [0.05, 0.1) is 6.10 Å². The van der Waals surface area contributed by atoms with Crippen LogP contribution in [0.5, 0.6) is 0 Å². The summed E-state index contributed by atoms with van der Waals surface area (Å²) >= 11 is 0. The summed E-state index contributed by atoms with van der Waals surface area (Å²) in [7, 11) is 0. The maximum absolute atomic E-state index is 6.27. The Morgan fingerprint density at radius 2 is 1.54 bits per heavy atom. The van der Waals surface area contributed by atoms with Gasteiger partial charge < -0.3 is 4.74 Å². The molecule has 0 aromatic rings. The summed E-state index contributed by atoms with van der Waals surface area (Å²) in [6, 6.07) is 0. The highest BCUT2D eigenvalue weighted by atomic mass is 16.5. The second-order valence-corrected chi connectivity index (χ2v) is 9.38. The Kier molecular flexibility index (Phi) is 10.3. The van der Waals surface area contributed by atoms with Crippen molar-refractivity contribution in [3.8, 4) is 0 Å². The Balaban J connectivity index is 1.70. The monoisotopic (exact) mass is 362 g/mol. The molecular weight excluding hydrogens is 316 g/mol. The number of hydrogen-bond donors (Lipinski definition) is 0. The first-order valence-corrected chi connectivity index (χ1v) is 12.0. The Morgan fingerprint density at radius 3 is 2.23 bits per heavy atom. The average molecular weight is 363 g/mol. The molecule has 2 aliphatic carbocycles. The van der Waals surface area contributed by atoms with Crippen LogP contribution >= 0.6 is 0 Å². The largest absolute Gasteiger partial charge is 0.378 e. The van der Waals surface area contributed by atoms with Gasteiger partial charge in [0.15, 0.2) is 0 Å². The summed E-state index contributed by atoms with van der Waals surface area (Å²) < 4.78 is 6.27. The minimum absolute atomic E-state index is 0.501. The lowest BCUT2D eigenvalue weighted by Crippen LogP contribution is -2.36. The normalized spacial score (nSPS) is 35.8. The van der Waals surface area contributed by atoms with E-state index in [4.69, 9.17) is 4.74 Å². The molecule has 0 aliphatic heterocycles. The van der Waals surface area contributed by atoms with Crippen LogP contribution < -0.4 is 0 Å². The highest BCUT2D eigenvalue weighted by Crippen LogP contribution is 2.38. The summed E-state index contributed by atoms with van der Waals surface area (Å²) in [5.41, 5.74) is 0. The third kappa shape index (κ3) is 7.02. The van der Waals surface area contributed by atoms with E-state index in [-0.39, 0.29) is 0 Å². The molecule has 0 N–H and O–H groups in total. The van der Waals surface area contributed by atoms with E-state index in [1.807, 2.05) is 0 Å². The first-order chi connectivity index (χ1) is 12.7. The van der Waals surface area contributed by atoms with Crippen molar-refractivity contribution in [1.82, 2.24) is 0 Å². The third-order valence-corrected chi connectivity index (χ3v) is 7.42. The molecule has 4 atom stereocenters. The van der Waals surface area contributed by atoms with Gasteiger partial charge in [-0.25, -0.2) is 0 Å². The zero-order chi connectivity index (χ0) is 18.8. The number of rotatable bonds is 10. The minimum Gasteiger partial charge on any atom is -0.378 e. The van der Waals surface area contributed by atoms with Crippen LogP contribution in [-0.4, -0.2) is 12.7 Å². The van der Waals surface area contributed by atoms with Crippen LogP contribution in [-0.2, 0) is 4.74 Å². The lowest BCUT2D eigenvalue weighted by Gasteiger charge is -2.39. The lowest BCUT2D eigenvalue weighted by atomic mass is 9.71. The van der Waals surface area contributed by atoms with Crippen molar-refractivity contribution in [2.24, 2.45) is 29.6 Å². The summed E-state index contributed by atoms with van der Waals surface area (Å²) in [4.78, 5) is 0. The molecule has 2 rings (SSSR count). The van der Waals surface area contributed by atoms with E-state index < -0.39 is 0 Å². The van der Waals surface area contributed by atoms with Crippen LogP contribution in [0.15, 0.2) is 12.2 Å². The topological polar surface area (TPSA) is 9.23 Å². The van der Waals surface area contributed by atoms with Crippen LogP contribution in [0.25, 0.3) is 0 Å². The predicted molar refractivity (Wildman–Crippen MR) is 114 cm³/mol. The molecule has 0 amide bonds. The van der Waals surface area contributed by atoms with Crippen LogP contribution in [0.3, 0.4) is 0 Å². The molecule has 2 aliphatic rings. The van der Waals surface area contributed by atoms with E-state index in [1.165, 1.54) is 77.0 Å². The quantitative estimate of drug-likeness (QED) is 0.284. The van der Waals surface area contributed by atoms with E-state index in [2.05, 4.69) is 39.8 Å². The van der Waals surface area contributed by atoms with Crippen LogP contribution in [0.2, 0.25) is 0 Å². The zero-order valence-electron chi connectivity index (χ0n) is 18.2. The first kappa shape index (κ1) is 22.0. The van der Waals surface area contributed by atoms with Crippen molar-refractivity contribution in [3.63, 3.8) is 0 Å². The van der Waals surface area contributed by atoms with Gasteiger partial charge in [-0.05, 0) is 74.5 Å². The van der Waals surface area contributed by atoms with Crippen molar-refractivity contribution in [3.05, 3.63) is 12.2 Å². The number of unbranched alkanes of at least 4 members (excludes halogenated alkanes) is 3. The molecular formula is C25H46O. The van der Waals surface area contributed by atoms with Gasteiger partial charge in [-0.15, -0.1) is 0 Å². The number of ether oxygens (including phenoxy) is 1. The van der Waals surface area contributed by atoms with Crippen molar-refractivity contribution < 1.29 is 4.74 Å². The molecule has 0 aromatic carbocycles. The van der Waals surface area contributed by atoms with Gasteiger partial charge >= 0.3 is 0 Å². The fraction of sp³-hybridized carbons (Fsp3) is 0.920. The molecule has 0 spiro atoms. The van der Waals surface area contributed by atoms with Crippen LogP contribution in [0, 0.1) is 29.6 Å². The van der Waals surface area contributed by atoms with E-state index in [0.29, 0.717) is 12.0 Å².